The SMILES string of the molecule is COCCN(CCOC)CC(C)(N)c1ccccc1. The van der Waals surface area contributed by atoms with Crippen molar-refractivity contribution in [3.05, 3.63) is 35.9 Å². The fourth-order valence-corrected chi connectivity index (χ4v) is 2.09. The van der Waals surface area contributed by atoms with Crippen LogP contribution in [0.25, 0.3) is 0 Å². The molecule has 0 aliphatic carbocycles. The molecule has 4 heteroatoms. The lowest BCUT2D eigenvalue weighted by Gasteiger charge is -2.32. The van der Waals surface area contributed by atoms with E-state index in [4.69, 9.17) is 15.2 Å². The maximum Gasteiger partial charge on any atom is 0.0589 e. The van der Waals surface area contributed by atoms with E-state index in [9.17, 15) is 0 Å². The van der Waals surface area contributed by atoms with Crippen LogP contribution in [0.5, 0.6) is 0 Å². The number of hydrogen-bond donors (Lipinski definition) is 1. The van der Waals surface area contributed by atoms with E-state index in [0.29, 0.717) is 13.2 Å². The number of rotatable bonds is 9. The Bertz CT molecular complexity index is 333. The molecule has 0 saturated heterocycles. The number of methoxy groups -OCH3 is 2. The maximum atomic E-state index is 6.46. The molecular weight excluding hydrogens is 240 g/mol. The van der Waals surface area contributed by atoms with Crippen LogP contribution in [0.1, 0.15) is 12.5 Å². The van der Waals surface area contributed by atoms with E-state index in [0.717, 1.165) is 25.2 Å². The van der Waals surface area contributed by atoms with E-state index >= 15 is 0 Å². The van der Waals surface area contributed by atoms with Gasteiger partial charge in [-0.2, -0.15) is 0 Å². The van der Waals surface area contributed by atoms with Crippen molar-refractivity contribution in [2.24, 2.45) is 5.73 Å². The third-order valence-corrected chi connectivity index (χ3v) is 3.21. The lowest BCUT2D eigenvalue weighted by Crippen LogP contribution is -2.47. The van der Waals surface area contributed by atoms with Gasteiger partial charge in [-0.05, 0) is 12.5 Å². The maximum absolute atomic E-state index is 6.46. The summed E-state index contributed by atoms with van der Waals surface area (Å²) >= 11 is 0. The number of nitrogens with two attached hydrogens (primary N) is 1. The molecule has 0 saturated carbocycles. The molecule has 0 bridgehead atoms. The average Bonchev–Trinajstić information content (AvgIpc) is 2.42. The predicted octanol–water partition coefficient (Wildman–Crippen LogP) is 1.46. The Morgan fingerprint density at radius 3 is 2.05 bits per heavy atom. The van der Waals surface area contributed by atoms with Gasteiger partial charge in [0.15, 0.2) is 0 Å². The second-order valence-electron chi connectivity index (χ2n) is 5.05. The van der Waals surface area contributed by atoms with Crippen LogP contribution in [0.4, 0.5) is 0 Å². The molecule has 1 unspecified atom stereocenters. The van der Waals surface area contributed by atoms with E-state index < -0.39 is 0 Å². The van der Waals surface area contributed by atoms with Crippen LogP contribution < -0.4 is 5.73 Å². The van der Waals surface area contributed by atoms with Crippen LogP contribution in [0, 0.1) is 0 Å². The highest BCUT2D eigenvalue weighted by Crippen LogP contribution is 2.18. The summed E-state index contributed by atoms with van der Waals surface area (Å²) in [4.78, 5) is 2.28. The smallest absolute Gasteiger partial charge is 0.0589 e. The van der Waals surface area contributed by atoms with Gasteiger partial charge >= 0.3 is 0 Å². The summed E-state index contributed by atoms with van der Waals surface area (Å²) in [6.45, 7) is 5.97. The lowest BCUT2D eigenvalue weighted by molar-refractivity contribution is 0.100. The minimum atomic E-state index is -0.372. The fourth-order valence-electron chi connectivity index (χ4n) is 2.09. The van der Waals surface area contributed by atoms with Crippen molar-refractivity contribution >= 4 is 0 Å². The van der Waals surface area contributed by atoms with Gasteiger partial charge in [-0.25, -0.2) is 0 Å². The monoisotopic (exact) mass is 266 g/mol. The van der Waals surface area contributed by atoms with Crippen molar-refractivity contribution < 1.29 is 9.47 Å². The minimum absolute atomic E-state index is 0.372. The Balaban J connectivity index is 2.64. The zero-order valence-corrected chi connectivity index (χ0v) is 12.3. The zero-order chi connectivity index (χ0) is 14.1. The summed E-state index contributed by atoms with van der Waals surface area (Å²) in [7, 11) is 3.43. The van der Waals surface area contributed by atoms with Gasteiger partial charge in [-0.1, -0.05) is 30.3 Å². The van der Waals surface area contributed by atoms with Crippen LogP contribution in [-0.2, 0) is 15.0 Å². The zero-order valence-electron chi connectivity index (χ0n) is 12.3. The van der Waals surface area contributed by atoms with Crippen molar-refractivity contribution in [1.82, 2.24) is 4.90 Å². The fraction of sp³-hybridized carbons (Fsp3) is 0.600. The molecule has 0 aliphatic rings. The van der Waals surface area contributed by atoms with E-state index in [1.165, 1.54) is 0 Å². The molecule has 0 amide bonds. The van der Waals surface area contributed by atoms with Gasteiger partial charge in [0.05, 0.1) is 18.8 Å². The summed E-state index contributed by atoms with van der Waals surface area (Å²) in [6.07, 6.45) is 0. The third-order valence-electron chi connectivity index (χ3n) is 3.21. The Morgan fingerprint density at radius 1 is 1.05 bits per heavy atom. The molecule has 0 heterocycles. The normalized spacial score (nSPS) is 14.6. The first-order chi connectivity index (χ1) is 9.10. The summed E-state index contributed by atoms with van der Waals surface area (Å²) in [5, 5.41) is 0. The van der Waals surface area contributed by atoms with Gasteiger partial charge in [-0.15, -0.1) is 0 Å². The largest absolute Gasteiger partial charge is 0.383 e. The summed E-state index contributed by atoms with van der Waals surface area (Å²) in [5.41, 5.74) is 7.23. The molecule has 1 rings (SSSR count). The highest BCUT2D eigenvalue weighted by Gasteiger charge is 2.24. The molecule has 2 N–H and O–H groups in total. The van der Waals surface area contributed by atoms with Crippen molar-refractivity contribution in [2.45, 2.75) is 12.5 Å². The Hall–Kier alpha value is -0.940. The molecule has 108 valence electrons. The van der Waals surface area contributed by atoms with Crippen molar-refractivity contribution in [2.75, 3.05) is 47.1 Å². The highest BCUT2D eigenvalue weighted by molar-refractivity contribution is 5.23. The molecule has 1 atom stereocenters. The summed E-state index contributed by atoms with van der Waals surface area (Å²) in [5.74, 6) is 0. The molecule has 0 radical (unpaired) electrons. The standard InChI is InChI=1S/C15H26N2O2/c1-15(16,14-7-5-4-6-8-14)13-17(9-11-18-2)10-12-19-3/h4-8H,9-13,16H2,1-3H3. The molecule has 0 aromatic heterocycles. The van der Waals surface area contributed by atoms with Crippen molar-refractivity contribution in [3.8, 4) is 0 Å². The number of ether oxygens (including phenoxy) is 2. The Labute approximate surface area is 116 Å². The number of hydrogen-bond acceptors (Lipinski definition) is 4. The van der Waals surface area contributed by atoms with E-state index in [2.05, 4.69) is 24.0 Å². The molecular formula is C15H26N2O2. The topological polar surface area (TPSA) is 47.7 Å². The lowest BCUT2D eigenvalue weighted by atomic mass is 9.92. The Morgan fingerprint density at radius 2 is 1.58 bits per heavy atom. The van der Waals surface area contributed by atoms with Gasteiger partial charge in [0.1, 0.15) is 0 Å². The van der Waals surface area contributed by atoms with Crippen LogP contribution in [0.15, 0.2) is 30.3 Å². The average molecular weight is 266 g/mol. The van der Waals surface area contributed by atoms with Crippen LogP contribution >= 0.6 is 0 Å². The third kappa shape index (κ3) is 5.70. The van der Waals surface area contributed by atoms with Gasteiger partial charge in [0.2, 0.25) is 0 Å². The molecule has 0 spiro atoms. The van der Waals surface area contributed by atoms with Gasteiger partial charge < -0.3 is 15.2 Å². The molecule has 1 aromatic carbocycles. The second-order valence-corrected chi connectivity index (χ2v) is 5.05. The van der Waals surface area contributed by atoms with Crippen LogP contribution in [0.3, 0.4) is 0 Å². The predicted molar refractivity (Wildman–Crippen MR) is 78.2 cm³/mol. The van der Waals surface area contributed by atoms with Gasteiger partial charge in [0.25, 0.3) is 0 Å². The number of nitrogens with zero attached hydrogens (tertiary/aromatic N) is 1. The van der Waals surface area contributed by atoms with Crippen LogP contribution in [-0.4, -0.2) is 52.0 Å². The van der Waals surface area contributed by atoms with E-state index in [-0.39, 0.29) is 5.54 Å². The minimum Gasteiger partial charge on any atom is -0.383 e. The first kappa shape index (κ1) is 16.1. The van der Waals surface area contributed by atoms with E-state index in [1.54, 1.807) is 14.2 Å². The first-order valence-corrected chi connectivity index (χ1v) is 6.65. The number of benzene rings is 1. The molecule has 0 fully saturated rings. The van der Waals surface area contributed by atoms with Gasteiger partial charge in [0, 0.05) is 33.9 Å². The molecule has 1 aromatic rings. The van der Waals surface area contributed by atoms with Crippen LogP contribution in [0.2, 0.25) is 0 Å². The quantitative estimate of drug-likeness (QED) is 0.735. The Kier molecular flexibility index (Phi) is 7.02. The highest BCUT2D eigenvalue weighted by atomic mass is 16.5. The summed E-state index contributed by atoms with van der Waals surface area (Å²) in [6, 6.07) is 10.2. The summed E-state index contributed by atoms with van der Waals surface area (Å²) < 4.78 is 10.3. The van der Waals surface area contributed by atoms with Crippen molar-refractivity contribution in [3.63, 3.8) is 0 Å². The van der Waals surface area contributed by atoms with Crippen molar-refractivity contribution in [1.29, 1.82) is 0 Å². The van der Waals surface area contributed by atoms with E-state index in [1.807, 2.05) is 18.2 Å². The molecule has 0 aliphatic heterocycles. The first-order valence-electron chi connectivity index (χ1n) is 6.65. The van der Waals surface area contributed by atoms with Gasteiger partial charge in [-0.3, -0.25) is 4.90 Å². The second kappa shape index (κ2) is 8.27. The molecule has 19 heavy (non-hydrogen) atoms. The molecule has 4 nitrogen and oxygen atoms in total.